The summed E-state index contributed by atoms with van der Waals surface area (Å²) in [5, 5.41) is 11.3. The van der Waals surface area contributed by atoms with E-state index in [4.69, 9.17) is 6.42 Å². The van der Waals surface area contributed by atoms with Crippen LogP contribution in [0.5, 0.6) is 0 Å². The Morgan fingerprint density at radius 1 is 1.36 bits per heavy atom. The van der Waals surface area contributed by atoms with Gasteiger partial charge < -0.3 is 5.11 Å². The molecule has 0 spiro atoms. The maximum Gasteiger partial charge on any atom is 0.155 e. The van der Waals surface area contributed by atoms with Crippen LogP contribution in [0.2, 0.25) is 0 Å². The summed E-state index contributed by atoms with van der Waals surface area (Å²) in [7, 11) is 0. The second-order valence-electron chi connectivity index (χ2n) is 8.95. The first-order valence-electron chi connectivity index (χ1n) is 10.1. The van der Waals surface area contributed by atoms with E-state index in [1.807, 2.05) is 6.08 Å². The topological polar surface area (TPSA) is 37.3 Å². The molecule has 0 aromatic rings. The normalized spacial score (nSPS) is 45.9. The predicted molar refractivity (Wildman–Crippen MR) is 99.6 cm³/mol. The summed E-state index contributed by atoms with van der Waals surface area (Å²) >= 11 is 0. The molecule has 6 atom stereocenters. The molecule has 0 amide bonds. The molecule has 2 nitrogen and oxygen atoms in total. The Labute approximate surface area is 151 Å². The van der Waals surface area contributed by atoms with Gasteiger partial charge in [0, 0.05) is 11.8 Å². The molecule has 134 valence electrons. The highest BCUT2D eigenvalue weighted by Gasteiger charge is 2.64. The lowest BCUT2D eigenvalue weighted by Gasteiger charge is -2.57. The van der Waals surface area contributed by atoms with E-state index in [2.05, 4.69) is 19.4 Å². The minimum atomic E-state index is -0.972. The van der Waals surface area contributed by atoms with Crippen molar-refractivity contribution in [2.75, 3.05) is 0 Å². The van der Waals surface area contributed by atoms with Gasteiger partial charge in [-0.05, 0) is 74.7 Å². The molecule has 0 heterocycles. The molecule has 1 N–H and O–H groups in total. The SMILES string of the molecule is C#C[C@]1(O)CCC2C3CCC4=CC(=O)CCC4C3C(=C)C[C@@]21CCC. The molecule has 0 radical (unpaired) electrons. The van der Waals surface area contributed by atoms with Gasteiger partial charge in [0.1, 0.15) is 5.60 Å². The second kappa shape index (κ2) is 5.85. The Hall–Kier alpha value is -1.33. The number of ketones is 1. The van der Waals surface area contributed by atoms with E-state index in [0.717, 1.165) is 51.4 Å². The molecule has 25 heavy (non-hydrogen) atoms. The number of aliphatic hydroxyl groups is 1. The molecule has 4 aliphatic carbocycles. The predicted octanol–water partition coefficient (Wildman–Crippen LogP) is 4.44. The molecular formula is C23H30O2. The van der Waals surface area contributed by atoms with Gasteiger partial charge in [-0.2, -0.15) is 0 Å². The summed E-state index contributed by atoms with van der Waals surface area (Å²) in [4.78, 5) is 11.8. The molecule has 0 aliphatic heterocycles. The van der Waals surface area contributed by atoms with E-state index in [9.17, 15) is 9.90 Å². The first-order chi connectivity index (χ1) is 12.0. The highest BCUT2D eigenvalue weighted by atomic mass is 16.3. The van der Waals surface area contributed by atoms with Crippen molar-refractivity contribution in [2.24, 2.45) is 29.1 Å². The van der Waals surface area contributed by atoms with Gasteiger partial charge in [-0.25, -0.2) is 0 Å². The summed E-state index contributed by atoms with van der Waals surface area (Å²) in [6.07, 6.45) is 16.3. The second-order valence-corrected chi connectivity index (χ2v) is 8.95. The van der Waals surface area contributed by atoms with E-state index in [1.165, 1.54) is 11.1 Å². The molecule has 0 saturated heterocycles. The van der Waals surface area contributed by atoms with Crippen molar-refractivity contribution in [2.45, 2.75) is 70.3 Å². The van der Waals surface area contributed by atoms with E-state index < -0.39 is 5.60 Å². The van der Waals surface area contributed by atoms with Gasteiger partial charge in [-0.1, -0.05) is 37.0 Å². The van der Waals surface area contributed by atoms with E-state index >= 15 is 0 Å². The lowest BCUT2D eigenvalue weighted by atomic mass is 9.48. The monoisotopic (exact) mass is 338 g/mol. The summed E-state index contributed by atoms with van der Waals surface area (Å²) in [5.41, 5.74) is 1.50. The summed E-state index contributed by atoms with van der Waals surface area (Å²) in [6.45, 7) is 6.70. The molecule has 4 aliphatic rings. The maximum atomic E-state index is 11.8. The van der Waals surface area contributed by atoms with Crippen molar-refractivity contribution in [3.8, 4) is 12.3 Å². The standard InChI is InChI=1S/C23H30O2/c1-4-11-22-14-15(3)21-18-9-7-17(24)13-16(18)6-8-19(21)20(22)10-12-23(22,25)5-2/h2,13,18-21,25H,3-4,6-12,14H2,1H3/t18?,19?,20?,21?,22-,23-/m0/s1. The van der Waals surface area contributed by atoms with E-state index in [-0.39, 0.29) is 5.41 Å². The number of allylic oxidation sites excluding steroid dienone is 2. The van der Waals surface area contributed by atoms with Crippen LogP contribution in [0.15, 0.2) is 23.8 Å². The van der Waals surface area contributed by atoms with Crippen LogP contribution in [0.3, 0.4) is 0 Å². The Bertz CT molecular complexity index is 681. The minimum Gasteiger partial charge on any atom is -0.377 e. The van der Waals surface area contributed by atoms with Crippen LogP contribution in [0, 0.1) is 41.4 Å². The number of terminal acetylenes is 1. The fourth-order valence-corrected chi connectivity index (χ4v) is 7.15. The van der Waals surface area contributed by atoms with Gasteiger partial charge in [0.2, 0.25) is 0 Å². The molecule has 0 aromatic carbocycles. The Morgan fingerprint density at radius 2 is 2.16 bits per heavy atom. The molecule has 2 heteroatoms. The number of fused-ring (bicyclic) bond motifs is 5. The number of carbonyl (C=O) groups is 1. The molecule has 4 unspecified atom stereocenters. The lowest BCUT2D eigenvalue weighted by molar-refractivity contribution is -0.116. The number of hydrogen-bond donors (Lipinski definition) is 1. The molecule has 3 saturated carbocycles. The first-order valence-corrected chi connectivity index (χ1v) is 10.1. The maximum absolute atomic E-state index is 11.8. The number of rotatable bonds is 2. The average Bonchev–Trinajstić information content (AvgIpc) is 2.88. The summed E-state index contributed by atoms with van der Waals surface area (Å²) in [5.74, 6) is 5.17. The van der Waals surface area contributed by atoms with Crippen molar-refractivity contribution < 1.29 is 9.90 Å². The highest BCUT2D eigenvalue weighted by molar-refractivity contribution is 5.91. The first kappa shape index (κ1) is 17.1. The van der Waals surface area contributed by atoms with Gasteiger partial charge >= 0.3 is 0 Å². The fraction of sp³-hybridized carbons (Fsp3) is 0.696. The van der Waals surface area contributed by atoms with Gasteiger partial charge in [-0.3, -0.25) is 4.79 Å². The zero-order valence-corrected chi connectivity index (χ0v) is 15.4. The Kier molecular flexibility index (Phi) is 4.00. The fourth-order valence-electron chi connectivity index (χ4n) is 7.15. The molecular weight excluding hydrogens is 308 g/mol. The van der Waals surface area contributed by atoms with Crippen molar-refractivity contribution in [3.05, 3.63) is 23.8 Å². The van der Waals surface area contributed by atoms with Crippen LogP contribution >= 0.6 is 0 Å². The van der Waals surface area contributed by atoms with Crippen LogP contribution in [0.1, 0.15) is 64.7 Å². The smallest absolute Gasteiger partial charge is 0.155 e. The van der Waals surface area contributed by atoms with Gasteiger partial charge in [0.25, 0.3) is 0 Å². The summed E-state index contributed by atoms with van der Waals surface area (Å²) in [6, 6.07) is 0. The molecule has 3 fully saturated rings. The van der Waals surface area contributed by atoms with Crippen LogP contribution in [0.4, 0.5) is 0 Å². The van der Waals surface area contributed by atoms with Crippen molar-refractivity contribution in [3.63, 3.8) is 0 Å². The third-order valence-corrected chi connectivity index (χ3v) is 8.00. The van der Waals surface area contributed by atoms with Crippen molar-refractivity contribution in [1.29, 1.82) is 0 Å². The largest absolute Gasteiger partial charge is 0.377 e. The summed E-state index contributed by atoms with van der Waals surface area (Å²) < 4.78 is 0. The minimum absolute atomic E-state index is 0.180. The third-order valence-electron chi connectivity index (χ3n) is 8.00. The van der Waals surface area contributed by atoms with Crippen molar-refractivity contribution in [1.82, 2.24) is 0 Å². The van der Waals surface area contributed by atoms with Crippen LogP contribution in [0.25, 0.3) is 0 Å². The lowest BCUT2D eigenvalue weighted by Crippen LogP contribution is -2.54. The quantitative estimate of drug-likeness (QED) is 0.597. The van der Waals surface area contributed by atoms with Crippen molar-refractivity contribution >= 4 is 5.78 Å². The van der Waals surface area contributed by atoms with Crippen LogP contribution in [-0.4, -0.2) is 16.5 Å². The average molecular weight is 338 g/mol. The van der Waals surface area contributed by atoms with Gasteiger partial charge in [0.05, 0.1) is 0 Å². The van der Waals surface area contributed by atoms with Crippen LogP contribution < -0.4 is 0 Å². The number of carbonyl (C=O) groups excluding carboxylic acids is 1. The molecule has 0 aromatic heterocycles. The third kappa shape index (κ3) is 2.25. The van der Waals surface area contributed by atoms with Gasteiger partial charge in [-0.15, -0.1) is 6.42 Å². The van der Waals surface area contributed by atoms with E-state index in [0.29, 0.717) is 35.9 Å². The van der Waals surface area contributed by atoms with Crippen LogP contribution in [-0.2, 0) is 4.79 Å². The Morgan fingerprint density at radius 3 is 2.88 bits per heavy atom. The number of hydrogen-bond acceptors (Lipinski definition) is 2. The van der Waals surface area contributed by atoms with E-state index in [1.54, 1.807) is 0 Å². The molecule has 4 rings (SSSR count). The highest BCUT2D eigenvalue weighted by Crippen LogP contribution is 2.67. The zero-order valence-electron chi connectivity index (χ0n) is 15.4. The Balaban J connectivity index is 1.74. The van der Waals surface area contributed by atoms with Gasteiger partial charge in [0.15, 0.2) is 5.78 Å². The molecule has 0 bridgehead atoms. The zero-order chi connectivity index (χ0) is 17.8.